The standard InChI is InChI=1S/C57H60N2/c1-9-11-13-27-52-56(49-24-15-14-22-45(49)32-33-47(34-35-58-52)57(6,7)8)55-50-25-16-17-28-53(50)59(54-29-19-26-51(54)55)48-38-43(36-40(3)20-12-10-2)37-46(39-48)44-23-18-21-41(4)42(5)30-31-44/h9-25,27-29,32-34,37-39,44H,5,26,30-31,35-36H2,1-4,6-8H3/b11-9-,12-10-,23-18-,27-13-,33-32-,40-20+,41-21?,47-34+,56-55?,58-52?. The molecule has 3 aromatic rings. The number of rotatable bonds is 7. The van der Waals surface area contributed by atoms with Crippen LogP contribution in [-0.2, 0) is 6.42 Å². The molecule has 2 heteroatoms. The zero-order chi connectivity index (χ0) is 41.5. The first-order chi connectivity index (χ1) is 28.6. The van der Waals surface area contributed by atoms with E-state index in [9.17, 15) is 0 Å². The van der Waals surface area contributed by atoms with Crippen molar-refractivity contribution in [3.8, 4) is 0 Å². The highest BCUT2D eigenvalue weighted by atomic mass is 15.2. The van der Waals surface area contributed by atoms with E-state index in [0.29, 0.717) is 6.54 Å². The van der Waals surface area contributed by atoms with Gasteiger partial charge in [0, 0.05) is 28.4 Å². The van der Waals surface area contributed by atoms with Crippen LogP contribution in [0.4, 0.5) is 11.4 Å². The highest BCUT2D eigenvalue weighted by Gasteiger charge is 2.34. The van der Waals surface area contributed by atoms with E-state index in [1.807, 2.05) is 0 Å². The number of hydrogen-bond donors (Lipinski definition) is 0. The first-order valence-electron chi connectivity index (χ1n) is 21.4. The molecule has 1 atom stereocenters. The average molecular weight is 773 g/mol. The predicted molar refractivity (Wildman–Crippen MR) is 258 cm³/mol. The minimum atomic E-state index is -0.00140. The Hall–Kier alpha value is -5.99. The Morgan fingerprint density at radius 2 is 1.68 bits per heavy atom. The van der Waals surface area contributed by atoms with E-state index in [1.165, 1.54) is 83.9 Å². The maximum Gasteiger partial charge on any atom is 0.0663 e. The van der Waals surface area contributed by atoms with Crippen molar-refractivity contribution < 1.29 is 0 Å². The molecule has 4 aliphatic rings. The van der Waals surface area contributed by atoms with Gasteiger partial charge >= 0.3 is 0 Å². The van der Waals surface area contributed by atoms with Gasteiger partial charge in [0.05, 0.1) is 17.9 Å². The van der Waals surface area contributed by atoms with Crippen molar-refractivity contribution in [1.29, 1.82) is 0 Å². The number of hydrogen-bond acceptors (Lipinski definition) is 2. The van der Waals surface area contributed by atoms with Crippen LogP contribution in [0.25, 0.3) is 17.2 Å². The third-order valence-corrected chi connectivity index (χ3v) is 11.8. The predicted octanol–water partition coefficient (Wildman–Crippen LogP) is 15.5. The monoisotopic (exact) mass is 772 g/mol. The van der Waals surface area contributed by atoms with Crippen molar-refractivity contribution in [2.45, 2.75) is 80.1 Å². The molecular weight excluding hydrogens is 713 g/mol. The number of anilines is 2. The quantitative estimate of drug-likeness (QED) is 0.218. The van der Waals surface area contributed by atoms with Crippen LogP contribution in [0.3, 0.4) is 0 Å². The largest absolute Gasteiger partial charge is 0.310 e. The highest BCUT2D eigenvalue weighted by Crippen LogP contribution is 2.52. The molecule has 0 N–H and O–H groups in total. The summed E-state index contributed by atoms with van der Waals surface area (Å²) in [5.41, 5.74) is 19.7. The SMILES string of the molecule is C=C1CCC(c2cc(C/C(C)=C/C=C\C)cc(N3C4=C(CC=C4)C(=C4C(/C=C\C=C/C)=NC/C=C(C(C)(C)C)\C=C/c5ccccc54)c4ccccc43)c2)/C=C\C=C1C. The number of aliphatic imine (C=N–C) groups is 1. The lowest BCUT2D eigenvalue weighted by atomic mass is 9.80. The van der Waals surface area contributed by atoms with Gasteiger partial charge in [0.1, 0.15) is 0 Å². The van der Waals surface area contributed by atoms with Crippen LogP contribution in [-0.4, -0.2) is 12.3 Å². The number of nitrogens with zero attached hydrogens (tertiary/aromatic N) is 2. The molecule has 0 radical (unpaired) electrons. The molecule has 2 aliphatic heterocycles. The van der Waals surface area contributed by atoms with Gasteiger partial charge in [-0.05, 0) is 134 Å². The molecule has 0 spiro atoms. The second-order valence-electron chi connectivity index (χ2n) is 17.1. The van der Waals surface area contributed by atoms with Gasteiger partial charge in [0.25, 0.3) is 0 Å². The normalized spacial score (nSPS) is 22.1. The summed E-state index contributed by atoms with van der Waals surface area (Å²) in [6.07, 6.45) is 37.2. The Labute approximate surface area is 354 Å². The summed E-state index contributed by atoms with van der Waals surface area (Å²) >= 11 is 0. The van der Waals surface area contributed by atoms with Gasteiger partial charge in [0.2, 0.25) is 0 Å². The lowest BCUT2D eigenvalue weighted by Crippen LogP contribution is -2.23. The molecule has 2 aliphatic carbocycles. The van der Waals surface area contributed by atoms with E-state index in [2.05, 4.69) is 218 Å². The van der Waals surface area contributed by atoms with Gasteiger partial charge in [-0.15, -0.1) is 0 Å². The Morgan fingerprint density at radius 1 is 0.898 bits per heavy atom. The molecule has 0 fully saturated rings. The van der Waals surface area contributed by atoms with Crippen molar-refractivity contribution in [1.82, 2.24) is 0 Å². The van der Waals surface area contributed by atoms with E-state index >= 15 is 0 Å². The Balaban J connectivity index is 1.49. The van der Waals surface area contributed by atoms with Gasteiger partial charge in [-0.2, -0.15) is 0 Å². The van der Waals surface area contributed by atoms with Gasteiger partial charge < -0.3 is 4.90 Å². The fraction of sp³-hybridized carbons (Fsp3) is 0.246. The molecule has 0 saturated heterocycles. The smallest absolute Gasteiger partial charge is 0.0663 e. The third kappa shape index (κ3) is 9.18. The molecule has 0 saturated carbocycles. The van der Waals surface area contributed by atoms with Crippen LogP contribution in [0.15, 0.2) is 197 Å². The maximum absolute atomic E-state index is 5.43. The minimum Gasteiger partial charge on any atom is -0.310 e. The van der Waals surface area contributed by atoms with Gasteiger partial charge in [-0.1, -0.05) is 166 Å². The third-order valence-electron chi connectivity index (χ3n) is 11.8. The van der Waals surface area contributed by atoms with Crippen molar-refractivity contribution in [3.05, 3.63) is 220 Å². The topological polar surface area (TPSA) is 15.6 Å². The Kier molecular flexibility index (Phi) is 12.8. The average Bonchev–Trinajstić information content (AvgIpc) is 3.70. The zero-order valence-corrected chi connectivity index (χ0v) is 36.2. The first kappa shape index (κ1) is 41.2. The molecule has 0 amide bonds. The molecule has 2 nitrogen and oxygen atoms in total. The molecular formula is C57H60N2. The van der Waals surface area contributed by atoms with Crippen LogP contribution in [0.5, 0.6) is 0 Å². The molecule has 1 unspecified atom stereocenters. The Morgan fingerprint density at radius 3 is 2.47 bits per heavy atom. The van der Waals surface area contributed by atoms with Crippen LogP contribution in [0.2, 0.25) is 0 Å². The van der Waals surface area contributed by atoms with E-state index < -0.39 is 0 Å². The molecule has 0 bridgehead atoms. The van der Waals surface area contributed by atoms with Gasteiger partial charge in [0.15, 0.2) is 0 Å². The summed E-state index contributed by atoms with van der Waals surface area (Å²) in [7, 11) is 0. The second-order valence-corrected chi connectivity index (χ2v) is 17.1. The van der Waals surface area contributed by atoms with Crippen LogP contribution in [0, 0.1) is 5.41 Å². The van der Waals surface area contributed by atoms with Gasteiger partial charge in [-0.25, -0.2) is 0 Å². The summed E-state index contributed by atoms with van der Waals surface area (Å²) < 4.78 is 0. The number of benzene rings is 3. The summed E-state index contributed by atoms with van der Waals surface area (Å²) in [4.78, 5) is 7.96. The molecule has 298 valence electrons. The van der Waals surface area contributed by atoms with Crippen molar-refractivity contribution in [2.24, 2.45) is 10.4 Å². The lowest BCUT2D eigenvalue weighted by molar-refractivity contribution is 0.516. The lowest BCUT2D eigenvalue weighted by Gasteiger charge is -2.36. The molecule has 3 aromatic carbocycles. The second kappa shape index (κ2) is 18.3. The highest BCUT2D eigenvalue weighted by molar-refractivity contribution is 6.37. The molecule has 7 rings (SSSR count). The van der Waals surface area contributed by atoms with E-state index in [1.54, 1.807) is 0 Å². The fourth-order valence-electron chi connectivity index (χ4n) is 8.60. The van der Waals surface area contributed by atoms with Crippen LogP contribution in [0.1, 0.15) is 101 Å². The summed E-state index contributed by atoms with van der Waals surface area (Å²) in [6, 6.07) is 25.2. The number of para-hydroxylation sites is 1. The molecule has 2 heterocycles. The van der Waals surface area contributed by atoms with Crippen molar-refractivity contribution >= 4 is 34.3 Å². The maximum atomic E-state index is 5.43. The van der Waals surface area contributed by atoms with E-state index in [4.69, 9.17) is 4.99 Å². The fourth-order valence-corrected chi connectivity index (χ4v) is 8.60. The van der Waals surface area contributed by atoms with E-state index in [-0.39, 0.29) is 11.3 Å². The number of allylic oxidation sites excluding steroid dienone is 20. The zero-order valence-electron chi connectivity index (χ0n) is 36.2. The van der Waals surface area contributed by atoms with Crippen LogP contribution >= 0.6 is 0 Å². The summed E-state index contributed by atoms with van der Waals surface area (Å²) in [6.45, 7) is 20.4. The molecule has 0 aromatic heterocycles. The van der Waals surface area contributed by atoms with Crippen molar-refractivity contribution in [3.63, 3.8) is 0 Å². The van der Waals surface area contributed by atoms with Crippen LogP contribution < -0.4 is 4.90 Å². The first-order valence-corrected chi connectivity index (χ1v) is 21.4. The molecule has 59 heavy (non-hydrogen) atoms. The van der Waals surface area contributed by atoms with Crippen molar-refractivity contribution in [2.75, 3.05) is 11.4 Å². The van der Waals surface area contributed by atoms with E-state index in [0.717, 1.165) is 31.4 Å². The minimum absolute atomic E-state index is 0.00140. The summed E-state index contributed by atoms with van der Waals surface area (Å²) in [5, 5.41) is 0. The Bertz CT molecular complexity index is 2500. The summed E-state index contributed by atoms with van der Waals surface area (Å²) in [5.74, 6) is 0.281. The number of fused-ring (bicyclic) bond motifs is 2. The van der Waals surface area contributed by atoms with Gasteiger partial charge in [-0.3, -0.25) is 4.99 Å².